The molecule has 2 aliphatic rings. The highest BCUT2D eigenvalue weighted by Gasteiger charge is 2.64. The highest BCUT2D eigenvalue weighted by molar-refractivity contribution is 5.48. The van der Waals surface area contributed by atoms with Crippen LogP contribution in [0.4, 0.5) is 8.78 Å². The Kier molecular flexibility index (Phi) is 2.20. The SMILES string of the molecule is NC1(C2(c3ccccc3OC(F)F)CC2)CC1. The molecule has 0 heterocycles. The Morgan fingerprint density at radius 2 is 1.76 bits per heavy atom. The van der Waals surface area contributed by atoms with Crippen LogP contribution in [0.15, 0.2) is 24.3 Å². The van der Waals surface area contributed by atoms with Gasteiger partial charge in [-0.1, -0.05) is 18.2 Å². The van der Waals surface area contributed by atoms with Crippen LogP contribution in [-0.4, -0.2) is 12.2 Å². The summed E-state index contributed by atoms with van der Waals surface area (Å²) >= 11 is 0. The van der Waals surface area contributed by atoms with Crippen LogP contribution in [0.1, 0.15) is 31.2 Å². The predicted octanol–water partition coefficient (Wildman–Crippen LogP) is 2.81. The van der Waals surface area contributed by atoms with E-state index in [-0.39, 0.29) is 16.7 Å². The topological polar surface area (TPSA) is 35.2 Å². The van der Waals surface area contributed by atoms with Crippen molar-refractivity contribution in [1.29, 1.82) is 0 Å². The van der Waals surface area contributed by atoms with Crippen LogP contribution in [0.25, 0.3) is 0 Å². The van der Waals surface area contributed by atoms with Gasteiger partial charge in [0.05, 0.1) is 0 Å². The molecule has 17 heavy (non-hydrogen) atoms. The lowest BCUT2D eigenvalue weighted by Crippen LogP contribution is -2.37. The quantitative estimate of drug-likeness (QED) is 0.876. The van der Waals surface area contributed by atoms with Crippen LogP contribution < -0.4 is 10.5 Å². The second kappa shape index (κ2) is 3.42. The minimum atomic E-state index is -2.78. The van der Waals surface area contributed by atoms with Gasteiger partial charge in [-0.2, -0.15) is 8.78 Å². The molecule has 0 radical (unpaired) electrons. The summed E-state index contributed by atoms with van der Waals surface area (Å²) in [5.74, 6) is 0.289. The molecule has 0 aliphatic heterocycles. The Bertz CT molecular complexity index is 439. The molecule has 0 saturated heterocycles. The lowest BCUT2D eigenvalue weighted by molar-refractivity contribution is -0.0508. The van der Waals surface area contributed by atoms with E-state index in [2.05, 4.69) is 4.74 Å². The third-order valence-corrected chi connectivity index (χ3v) is 4.11. The Balaban J connectivity index is 1.97. The number of para-hydroxylation sites is 1. The molecule has 2 N–H and O–H groups in total. The number of halogens is 2. The molecular weight excluding hydrogens is 224 g/mol. The molecule has 0 aromatic heterocycles. The first-order chi connectivity index (χ1) is 8.07. The van der Waals surface area contributed by atoms with Crippen molar-refractivity contribution in [3.05, 3.63) is 29.8 Å². The van der Waals surface area contributed by atoms with Gasteiger partial charge in [-0.25, -0.2) is 0 Å². The van der Waals surface area contributed by atoms with Gasteiger partial charge in [-0.15, -0.1) is 0 Å². The Hall–Kier alpha value is -1.16. The molecule has 0 atom stereocenters. The number of rotatable bonds is 4. The Labute approximate surface area is 98.8 Å². The molecule has 0 bridgehead atoms. The maximum Gasteiger partial charge on any atom is 0.387 e. The number of hydrogen-bond donors (Lipinski definition) is 1. The minimum Gasteiger partial charge on any atom is -0.435 e. The second-order valence-electron chi connectivity index (χ2n) is 5.11. The molecule has 1 aromatic rings. The van der Waals surface area contributed by atoms with Gasteiger partial charge in [0.25, 0.3) is 0 Å². The molecule has 0 spiro atoms. The van der Waals surface area contributed by atoms with Gasteiger partial charge in [-0.05, 0) is 31.7 Å². The first kappa shape index (κ1) is 11.0. The van der Waals surface area contributed by atoms with Crippen molar-refractivity contribution in [1.82, 2.24) is 0 Å². The van der Waals surface area contributed by atoms with E-state index < -0.39 is 6.61 Å². The van der Waals surface area contributed by atoms with Crippen molar-refractivity contribution in [2.75, 3.05) is 0 Å². The van der Waals surface area contributed by atoms with Gasteiger partial charge < -0.3 is 10.5 Å². The van der Waals surface area contributed by atoms with Gasteiger partial charge in [0.15, 0.2) is 0 Å². The summed E-state index contributed by atoms with van der Waals surface area (Å²) in [4.78, 5) is 0. The van der Waals surface area contributed by atoms with Crippen molar-refractivity contribution in [3.63, 3.8) is 0 Å². The first-order valence-corrected chi connectivity index (χ1v) is 5.91. The maximum absolute atomic E-state index is 12.4. The molecule has 2 saturated carbocycles. The Morgan fingerprint density at radius 3 is 2.29 bits per heavy atom. The summed E-state index contributed by atoms with van der Waals surface area (Å²) in [6, 6.07) is 7.05. The summed E-state index contributed by atoms with van der Waals surface area (Å²) in [6.45, 7) is -2.78. The molecule has 0 amide bonds. The van der Waals surface area contributed by atoms with Gasteiger partial charge in [-0.3, -0.25) is 0 Å². The molecule has 4 heteroatoms. The van der Waals surface area contributed by atoms with Gasteiger partial charge in [0.2, 0.25) is 0 Å². The van der Waals surface area contributed by atoms with E-state index in [9.17, 15) is 8.78 Å². The number of alkyl halides is 2. The predicted molar refractivity (Wildman–Crippen MR) is 60.1 cm³/mol. The fourth-order valence-corrected chi connectivity index (χ4v) is 2.83. The van der Waals surface area contributed by atoms with Crippen LogP contribution in [0.2, 0.25) is 0 Å². The van der Waals surface area contributed by atoms with Crippen LogP contribution >= 0.6 is 0 Å². The fraction of sp³-hybridized carbons (Fsp3) is 0.538. The molecule has 92 valence electrons. The third-order valence-electron chi connectivity index (χ3n) is 4.11. The zero-order valence-corrected chi connectivity index (χ0v) is 9.46. The van der Waals surface area contributed by atoms with Crippen molar-refractivity contribution in [2.24, 2.45) is 5.73 Å². The fourth-order valence-electron chi connectivity index (χ4n) is 2.83. The van der Waals surface area contributed by atoms with E-state index in [0.29, 0.717) is 0 Å². The molecule has 0 unspecified atom stereocenters. The molecule has 2 fully saturated rings. The van der Waals surface area contributed by atoms with Crippen LogP contribution in [0.5, 0.6) is 5.75 Å². The van der Waals surface area contributed by atoms with Crippen LogP contribution in [0.3, 0.4) is 0 Å². The maximum atomic E-state index is 12.4. The standard InChI is InChI=1S/C13H15F2NO/c14-11(15)17-10-4-2-1-3-9(10)12(5-6-12)13(16)7-8-13/h1-4,11H,5-8,16H2. The first-order valence-electron chi connectivity index (χ1n) is 5.91. The molecule has 2 nitrogen and oxygen atoms in total. The summed E-state index contributed by atoms with van der Waals surface area (Å²) in [5, 5.41) is 0. The summed E-state index contributed by atoms with van der Waals surface area (Å²) in [6.07, 6.45) is 3.92. The number of hydrogen-bond acceptors (Lipinski definition) is 2. The number of ether oxygens (including phenoxy) is 1. The normalized spacial score (nSPS) is 23.5. The average molecular weight is 239 g/mol. The highest BCUT2D eigenvalue weighted by Crippen LogP contribution is 2.65. The lowest BCUT2D eigenvalue weighted by atomic mass is 9.85. The summed E-state index contributed by atoms with van der Waals surface area (Å²) in [5.41, 5.74) is 6.84. The van der Waals surface area contributed by atoms with Crippen LogP contribution in [0, 0.1) is 0 Å². The van der Waals surface area contributed by atoms with Gasteiger partial charge in [0, 0.05) is 16.5 Å². The number of benzene rings is 1. The molecule has 2 aliphatic carbocycles. The summed E-state index contributed by atoms with van der Waals surface area (Å²) < 4.78 is 29.3. The molecule has 3 rings (SSSR count). The average Bonchev–Trinajstić information content (AvgIpc) is 3.14. The lowest BCUT2D eigenvalue weighted by Gasteiger charge is -2.25. The van der Waals surface area contributed by atoms with Gasteiger partial charge in [0.1, 0.15) is 5.75 Å². The Morgan fingerprint density at radius 1 is 1.12 bits per heavy atom. The van der Waals surface area contributed by atoms with Gasteiger partial charge >= 0.3 is 6.61 Å². The molecule has 1 aromatic carbocycles. The van der Waals surface area contributed by atoms with Crippen molar-refractivity contribution >= 4 is 0 Å². The molecular formula is C13H15F2NO. The monoisotopic (exact) mass is 239 g/mol. The minimum absolute atomic E-state index is 0.113. The van der Waals surface area contributed by atoms with Crippen molar-refractivity contribution in [2.45, 2.75) is 43.2 Å². The largest absolute Gasteiger partial charge is 0.435 e. The number of nitrogens with two attached hydrogens (primary N) is 1. The van der Waals surface area contributed by atoms with Crippen molar-refractivity contribution < 1.29 is 13.5 Å². The van der Waals surface area contributed by atoms with E-state index >= 15 is 0 Å². The van der Waals surface area contributed by atoms with E-state index in [1.807, 2.05) is 12.1 Å². The van der Waals surface area contributed by atoms with Crippen LogP contribution in [-0.2, 0) is 5.41 Å². The van der Waals surface area contributed by atoms with E-state index in [0.717, 1.165) is 31.2 Å². The second-order valence-corrected chi connectivity index (χ2v) is 5.11. The smallest absolute Gasteiger partial charge is 0.387 e. The third kappa shape index (κ3) is 1.62. The van der Waals surface area contributed by atoms with Crippen molar-refractivity contribution in [3.8, 4) is 5.75 Å². The zero-order valence-electron chi connectivity index (χ0n) is 9.46. The van der Waals surface area contributed by atoms with E-state index in [4.69, 9.17) is 5.73 Å². The highest BCUT2D eigenvalue weighted by atomic mass is 19.3. The van der Waals surface area contributed by atoms with E-state index in [1.165, 1.54) is 0 Å². The van der Waals surface area contributed by atoms with E-state index in [1.54, 1.807) is 12.1 Å². The zero-order chi connectivity index (χ0) is 12.1. The summed E-state index contributed by atoms with van der Waals surface area (Å²) in [7, 11) is 0.